The fourth-order valence-electron chi connectivity index (χ4n) is 3.31. The summed E-state index contributed by atoms with van der Waals surface area (Å²) in [6.07, 6.45) is 0.0391. The molecule has 0 radical (unpaired) electrons. The molecule has 1 aliphatic rings. The molecule has 0 spiro atoms. The van der Waals surface area contributed by atoms with Crippen molar-refractivity contribution >= 4 is 23.3 Å². The van der Waals surface area contributed by atoms with Gasteiger partial charge in [0.05, 0.1) is 6.54 Å². The van der Waals surface area contributed by atoms with Crippen LogP contribution in [0.5, 0.6) is 0 Å². The molecule has 1 N–H and O–H groups in total. The van der Waals surface area contributed by atoms with Crippen molar-refractivity contribution in [3.8, 4) is 0 Å². The molecule has 0 saturated carbocycles. The van der Waals surface area contributed by atoms with Crippen molar-refractivity contribution in [2.45, 2.75) is 13.3 Å². The lowest BCUT2D eigenvalue weighted by Crippen LogP contribution is -2.51. The molecule has 146 valence electrons. The number of para-hydroxylation sites is 1. The van der Waals surface area contributed by atoms with Crippen LogP contribution in [0.15, 0.2) is 54.6 Å². The van der Waals surface area contributed by atoms with E-state index in [1.54, 1.807) is 4.90 Å². The number of hydrogen-bond acceptors (Lipinski definition) is 4. The van der Waals surface area contributed by atoms with Crippen LogP contribution in [-0.4, -0.2) is 55.2 Å². The Hall–Kier alpha value is -3.15. The summed E-state index contributed by atoms with van der Waals surface area (Å²) >= 11 is 0. The molecule has 0 aromatic heterocycles. The number of nitrogens with zero attached hydrogens (tertiary/aromatic N) is 2. The zero-order valence-electron chi connectivity index (χ0n) is 16.1. The monoisotopic (exact) mass is 379 g/mol. The Labute approximate surface area is 165 Å². The summed E-state index contributed by atoms with van der Waals surface area (Å²) in [7, 11) is 0. The third-order valence-corrected chi connectivity index (χ3v) is 4.85. The van der Waals surface area contributed by atoms with Gasteiger partial charge in [0.1, 0.15) is 0 Å². The SMILES string of the molecule is Cc1cccc(CC(=O)C(=O)NCC(=O)N2CCN(c3ccccc3)CC2)c1. The molecule has 2 aromatic carbocycles. The summed E-state index contributed by atoms with van der Waals surface area (Å²) in [5, 5.41) is 2.46. The maximum absolute atomic E-state index is 12.4. The fraction of sp³-hybridized carbons (Fsp3) is 0.318. The predicted molar refractivity (Wildman–Crippen MR) is 108 cm³/mol. The Bertz CT molecular complexity index is 843. The van der Waals surface area contributed by atoms with Gasteiger partial charge >= 0.3 is 0 Å². The van der Waals surface area contributed by atoms with Gasteiger partial charge in [0.25, 0.3) is 5.91 Å². The molecule has 28 heavy (non-hydrogen) atoms. The van der Waals surface area contributed by atoms with Gasteiger partial charge in [-0.1, -0.05) is 48.0 Å². The van der Waals surface area contributed by atoms with Crippen molar-refractivity contribution in [3.05, 3.63) is 65.7 Å². The molecule has 1 heterocycles. The first-order chi connectivity index (χ1) is 13.5. The summed E-state index contributed by atoms with van der Waals surface area (Å²) in [5.74, 6) is -1.41. The van der Waals surface area contributed by atoms with Gasteiger partial charge in [0.15, 0.2) is 0 Å². The molecule has 6 heteroatoms. The average Bonchev–Trinajstić information content (AvgIpc) is 2.72. The quantitative estimate of drug-likeness (QED) is 0.774. The molecule has 6 nitrogen and oxygen atoms in total. The number of rotatable bonds is 6. The van der Waals surface area contributed by atoms with Crippen LogP contribution in [0.3, 0.4) is 0 Å². The van der Waals surface area contributed by atoms with E-state index in [-0.39, 0.29) is 18.9 Å². The van der Waals surface area contributed by atoms with Crippen molar-refractivity contribution in [2.75, 3.05) is 37.6 Å². The number of nitrogens with one attached hydrogen (secondary N) is 1. The van der Waals surface area contributed by atoms with Crippen LogP contribution in [-0.2, 0) is 20.8 Å². The molecule has 2 amide bonds. The highest BCUT2D eigenvalue weighted by atomic mass is 16.2. The minimum atomic E-state index is -0.710. The second-order valence-corrected chi connectivity index (χ2v) is 6.98. The van der Waals surface area contributed by atoms with E-state index in [0.29, 0.717) is 13.1 Å². The number of carbonyl (C=O) groups is 3. The first-order valence-corrected chi connectivity index (χ1v) is 9.47. The Morgan fingerprint density at radius 3 is 2.32 bits per heavy atom. The van der Waals surface area contributed by atoms with Crippen LogP contribution >= 0.6 is 0 Å². The van der Waals surface area contributed by atoms with Gasteiger partial charge in [0, 0.05) is 38.3 Å². The van der Waals surface area contributed by atoms with Crippen molar-refractivity contribution in [3.63, 3.8) is 0 Å². The maximum Gasteiger partial charge on any atom is 0.288 e. The molecule has 0 unspecified atom stereocenters. The normalized spacial score (nSPS) is 13.9. The van der Waals surface area contributed by atoms with Gasteiger partial charge in [-0.25, -0.2) is 0 Å². The van der Waals surface area contributed by atoms with Crippen molar-refractivity contribution in [2.24, 2.45) is 0 Å². The van der Waals surface area contributed by atoms with Crippen LogP contribution in [0.4, 0.5) is 5.69 Å². The topological polar surface area (TPSA) is 69.7 Å². The van der Waals surface area contributed by atoms with Crippen LogP contribution in [0.2, 0.25) is 0 Å². The zero-order valence-corrected chi connectivity index (χ0v) is 16.1. The third-order valence-electron chi connectivity index (χ3n) is 4.85. The predicted octanol–water partition coefficient (Wildman–Crippen LogP) is 1.57. The molecule has 1 fully saturated rings. The molecule has 0 atom stereocenters. The highest BCUT2D eigenvalue weighted by Crippen LogP contribution is 2.15. The van der Waals surface area contributed by atoms with Crippen molar-refractivity contribution in [1.29, 1.82) is 0 Å². The highest BCUT2D eigenvalue weighted by molar-refractivity contribution is 6.36. The largest absolute Gasteiger partial charge is 0.368 e. The van der Waals surface area contributed by atoms with Gasteiger partial charge in [-0.15, -0.1) is 0 Å². The van der Waals surface area contributed by atoms with E-state index in [1.165, 1.54) is 0 Å². The summed E-state index contributed by atoms with van der Waals surface area (Å²) in [5.41, 5.74) is 2.98. The highest BCUT2D eigenvalue weighted by Gasteiger charge is 2.22. The van der Waals surface area contributed by atoms with E-state index in [2.05, 4.69) is 22.3 Å². The molecular weight excluding hydrogens is 354 g/mol. The van der Waals surface area contributed by atoms with E-state index in [4.69, 9.17) is 0 Å². The van der Waals surface area contributed by atoms with Crippen molar-refractivity contribution in [1.82, 2.24) is 10.2 Å². The van der Waals surface area contributed by atoms with E-state index < -0.39 is 11.7 Å². The van der Waals surface area contributed by atoms with Gasteiger partial charge < -0.3 is 15.1 Å². The van der Waals surface area contributed by atoms with E-state index >= 15 is 0 Å². The number of benzene rings is 2. The van der Waals surface area contributed by atoms with Crippen molar-refractivity contribution < 1.29 is 14.4 Å². The lowest BCUT2D eigenvalue weighted by atomic mass is 10.1. The standard InChI is InChI=1S/C22H25N3O3/c1-17-6-5-7-18(14-17)15-20(26)22(28)23-16-21(27)25-12-10-24(11-13-25)19-8-3-2-4-9-19/h2-9,14H,10-13,15-16H2,1H3,(H,23,28). The summed E-state index contributed by atoms with van der Waals surface area (Å²) in [6.45, 7) is 4.47. The fourth-order valence-corrected chi connectivity index (χ4v) is 3.31. The van der Waals surface area contributed by atoms with E-state index in [1.807, 2.05) is 49.4 Å². The van der Waals surface area contributed by atoms with E-state index in [9.17, 15) is 14.4 Å². The number of anilines is 1. The van der Waals surface area contributed by atoms with E-state index in [0.717, 1.165) is 29.9 Å². The molecule has 2 aromatic rings. The number of carbonyl (C=O) groups excluding carboxylic acids is 3. The number of aryl methyl sites for hydroxylation is 1. The summed E-state index contributed by atoms with van der Waals surface area (Å²) in [4.78, 5) is 40.4. The molecular formula is C22H25N3O3. The average molecular weight is 379 g/mol. The minimum absolute atomic E-state index is 0.0391. The van der Waals surface area contributed by atoms with Gasteiger partial charge in [-0.3, -0.25) is 14.4 Å². The molecule has 1 saturated heterocycles. The number of Topliss-reactive ketones (excluding diaryl/α,β-unsaturated/α-hetero) is 1. The zero-order chi connectivity index (χ0) is 19.9. The second kappa shape index (κ2) is 9.17. The van der Waals surface area contributed by atoms with Crippen LogP contribution in [0.1, 0.15) is 11.1 Å². The lowest BCUT2D eigenvalue weighted by molar-refractivity contribution is -0.139. The van der Waals surface area contributed by atoms with Crippen LogP contribution in [0, 0.1) is 6.92 Å². The second-order valence-electron chi connectivity index (χ2n) is 6.98. The first-order valence-electron chi connectivity index (χ1n) is 9.47. The minimum Gasteiger partial charge on any atom is -0.368 e. The van der Waals surface area contributed by atoms with Crippen LogP contribution in [0.25, 0.3) is 0 Å². The molecule has 3 rings (SSSR count). The number of ketones is 1. The summed E-state index contributed by atoms with van der Waals surface area (Å²) < 4.78 is 0. The molecule has 0 aliphatic carbocycles. The smallest absolute Gasteiger partial charge is 0.288 e. The number of piperazine rings is 1. The Morgan fingerprint density at radius 1 is 0.929 bits per heavy atom. The molecule has 1 aliphatic heterocycles. The Morgan fingerprint density at radius 2 is 1.64 bits per heavy atom. The molecule has 0 bridgehead atoms. The van der Waals surface area contributed by atoms with Gasteiger partial charge in [0.2, 0.25) is 11.7 Å². The summed E-state index contributed by atoms with van der Waals surface area (Å²) in [6, 6.07) is 17.6. The number of amides is 2. The van der Waals surface area contributed by atoms with Gasteiger partial charge in [-0.2, -0.15) is 0 Å². The van der Waals surface area contributed by atoms with Gasteiger partial charge in [-0.05, 0) is 24.6 Å². The third kappa shape index (κ3) is 5.19. The lowest BCUT2D eigenvalue weighted by Gasteiger charge is -2.36. The maximum atomic E-state index is 12.4. The first kappa shape index (κ1) is 19.6. The Balaban J connectivity index is 1.42. The number of hydrogen-bond donors (Lipinski definition) is 1. The van der Waals surface area contributed by atoms with Crippen LogP contribution < -0.4 is 10.2 Å². The Kier molecular flexibility index (Phi) is 6.42.